The lowest BCUT2D eigenvalue weighted by Crippen LogP contribution is -2.21. The molecular formula is C28H33N3O3. The van der Waals surface area contributed by atoms with Crippen LogP contribution in [0.5, 0.6) is 5.75 Å². The zero-order valence-electron chi connectivity index (χ0n) is 19.9. The van der Waals surface area contributed by atoms with Crippen LogP contribution in [0.4, 0.5) is 17.1 Å². The van der Waals surface area contributed by atoms with Crippen molar-refractivity contribution in [1.82, 2.24) is 0 Å². The van der Waals surface area contributed by atoms with Gasteiger partial charge in [0.2, 0.25) is 5.91 Å². The molecule has 0 atom stereocenters. The second kappa shape index (κ2) is 13.0. The van der Waals surface area contributed by atoms with E-state index < -0.39 is 0 Å². The summed E-state index contributed by atoms with van der Waals surface area (Å²) in [6, 6.07) is 22.1. The van der Waals surface area contributed by atoms with Crippen LogP contribution in [0, 0.1) is 6.92 Å². The smallest absolute Gasteiger partial charge is 0.255 e. The van der Waals surface area contributed by atoms with Crippen molar-refractivity contribution >= 4 is 28.9 Å². The first-order valence-corrected chi connectivity index (χ1v) is 11.8. The number of nitrogens with one attached hydrogen (secondary N) is 3. The van der Waals surface area contributed by atoms with Gasteiger partial charge in [-0.15, -0.1) is 0 Å². The van der Waals surface area contributed by atoms with Gasteiger partial charge in [-0.3, -0.25) is 9.59 Å². The largest absolute Gasteiger partial charge is 0.494 e. The maximum absolute atomic E-state index is 12.4. The van der Waals surface area contributed by atoms with Crippen molar-refractivity contribution in [2.24, 2.45) is 0 Å². The zero-order valence-corrected chi connectivity index (χ0v) is 19.9. The maximum Gasteiger partial charge on any atom is 0.255 e. The number of rotatable bonds is 12. The molecule has 0 fully saturated rings. The van der Waals surface area contributed by atoms with Crippen molar-refractivity contribution in [3.63, 3.8) is 0 Å². The SMILES string of the molecule is CCCCCCOc1cccc(NCC(=O)Nc2ccc(NC(=O)c3cccc(C)c3)cc2)c1. The van der Waals surface area contributed by atoms with E-state index in [4.69, 9.17) is 4.74 Å². The number of hydrogen-bond donors (Lipinski definition) is 3. The van der Waals surface area contributed by atoms with Gasteiger partial charge in [0, 0.05) is 28.7 Å². The highest BCUT2D eigenvalue weighted by atomic mass is 16.5. The van der Waals surface area contributed by atoms with E-state index in [9.17, 15) is 9.59 Å². The third-order valence-electron chi connectivity index (χ3n) is 5.26. The fourth-order valence-corrected chi connectivity index (χ4v) is 3.43. The molecule has 0 unspecified atom stereocenters. The normalized spacial score (nSPS) is 10.4. The Morgan fingerprint density at radius 2 is 1.53 bits per heavy atom. The molecule has 0 heterocycles. The van der Waals surface area contributed by atoms with Gasteiger partial charge in [-0.1, -0.05) is 49.9 Å². The Hall–Kier alpha value is -3.80. The van der Waals surface area contributed by atoms with E-state index in [-0.39, 0.29) is 18.4 Å². The van der Waals surface area contributed by atoms with Crippen molar-refractivity contribution in [1.29, 1.82) is 0 Å². The Bertz CT molecular complexity index is 1080. The van der Waals surface area contributed by atoms with Crippen LogP contribution < -0.4 is 20.7 Å². The van der Waals surface area contributed by atoms with E-state index >= 15 is 0 Å². The van der Waals surface area contributed by atoms with Gasteiger partial charge in [0.05, 0.1) is 13.2 Å². The second-order valence-electron chi connectivity index (χ2n) is 8.24. The molecule has 0 bridgehead atoms. The second-order valence-corrected chi connectivity index (χ2v) is 8.24. The van der Waals surface area contributed by atoms with Crippen molar-refractivity contribution in [3.8, 4) is 5.75 Å². The Labute approximate surface area is 201 Å². The fourth-order valence-electron chi connectivity index (χ4n) is 3.43. The van der Waals surface area contributed by atoms with Crippen LogP contribution in [0.25, 0.3) is 0 Å². The van der Waals surface area contributed by atoms with Crippen LogP contribution in [-0.4, -0.2) is 25.0 Å². The summed E-state index contributed by atoms with van der Waals surface area (Å²) in [5, 5.41) is 8.85. The summed E-state index contributed by atoms with van der Waals surface area (Å²) in [5.41, 5.74) is 3.78. The Kier molecular flexibility index (Phi) is 9.52. The molecule has 6 nitrogen and oxygen atoms in total. The van der Waals surface area contributed by atoms with Crippen molar-refractivity contribution in [3.05, 3.63) is 83.9 Å². The topological polar surface area (TPSA) is 79.5 Å². The summed E-state index contributed by atoms with van der Waals surface area (Å²) in [4.78, 5) is 24.7. The highest BCUT2D eigenvalue weighted by Crippen LogP contribution is 2.18. The molecule has 0 aliphatic rings. The molecule has 0 aliphatic heterocycles. The molecule has 0 saturated carbocycles. The maximum atomic E-state index is 12.4. The first kappa shape index (κ1) is 24.8. The van der Waals surface area contributed by atoms with Crippen molar-refractivity contribution in [2.75, 3.05) is 29.1 Å². The van der Waals surface area contributed by atoms with E-state index in [1.807, 2.05) is 49.4 Å². The van der Waals surface area contributed by atoms with E-state index in [0.717, 1.165) is 23.4 Å². The minimum absolute atomic E-state index is 0.131. The van der Waals surface area contributed by atoms with Gasteiger partial charge in [0.25, 0.3) is 5.91 Å². The highest BCUT2D eigenvalue weighted by molar-refractivity contribution is 6.04. The first-order valence-electron chi connectivity index (χ1n) is 11.8. The molecule has 6 heteroatoms. The molecule has 3 rings (SSSR count). The summed E-state index contributed by atoms with van der Waals surface area (Å²) < 4.78 is 5.80. The van der Waals surface area contributed by atoms with E-state index in [1.165, 1.54) is 19.3 Å². The average Bonchev–Trinajstić information content (AvgIpc) is 2.84. The summed E-state index contributed by atoms with van der Waals surface area (Å²) in [5.74, 6) is 0.462. The predicted octanol–water partition coefficient (Wildman–Crippen LogP) is 6.26. The number of benzene rings is 3. The zero-order chi connectivity index (χ0) is 24.2. The number of carbonyl (C=O) groups is 2. The van der Waals surface area contributed by atoms with Gasteiger partial charge in [-0.05, 0) is 61.9 Å². The molecule has 0 aliphatic carbocycles. The minimum atomic E-state index is -0.170. The lowest BCUT2D eigenvalue weighted by Gasteiger charge is -2.11. The van der Waals surface area contributed by atoms with Crippen LogP contribution in [0.1, 0.15) is 48.5 Å². The Morgan fingerprint density at radius 3 is 2.26 bits per heavy atom. The minimum Gasteiger partial charge on any atom is -0.494 e. The van der Waals surface area contributed by atoms with Crippen molar-refractivity contribution in [2.45, 2.75) is 39.5 Å². The van der Waals surface area contributed by atoms with Crippen LogP contribution in [0.3, 0.4) is 0 Å². The molecule has 0 aromatic heterocycles. The number of ether oxygens (including phenoxy) is 1. The number of unbranched alkanes of at least 4 members (excludes halogenated alkanes) is 3. The van der Waals surface area contributed by atoms with E-state index in [0.29, 0.717) is 23.5 Å². The Balaban J connectivity index is 1.43. The van der Waals surface area contributed by atoms with Gasteiger partial charge in [0.1, 0.15) is 5.75 Å². The highest BCUT2D eigenvalue weighted by Gasteiger charge is 2.07. The third kappa shape index (κ3) is 8.28. The number of anilines is 3. The van der Waals surface area contributed by atoms with Gasteiger partial charge < -0.3 is 20.7 Å². The lowest BCUT2D eigenvalue weighted by molar-refractivity contribution is -0.114. The number of hydrogen-bond acceptors (Lipinski definition) is 4. The fraction of sp³-hybridized carbons (Fsp3) is 0.286. The summed E-state index contributed by atoms with van der Waals surface area (Å²) >= 11 is 0. The summed E-state index contributed by atoms with van der Waals surface area (Å²) in [7, 11) is 0. The van der Waals surface area contributed by atoms with Gasteiger partial charge >= 0.3 is 0 Å². The molecule has 0 spiro atoms. The summed E-state index contributed by atoms with van der Waals surface area (Å²) in [6.07, 6.45) is 4.65. The number of aryl methyl sites for hydroxylation is 1. The average molecular weight is 460 g/mol. The molecule has 0 saturated heterocycles. The standard InChI is InChI=1S/C28H33N3O3/c1-3-4-5-6-17-34-26-12-8-11-25(19-26)29-20-27(32)30-23-13-15-24(16-14-23)31-28(33)22-10-7-9-21(2)18-22/h7-16,18-19,29H,3-6,17,20H2,1-2H3,(H,30,32)(H,31,33). The molecule has 3 N–H and O–H groups in total. The predicted molar refractivity (Wildman–Crippen MR) is 139 cm³/mol. The lowest BCUT2D eigenvalue weighted by atomic mass is 10.1. The van der Waals surface area contributed by atoms with E-state index in [1.54, 1.807) is 30.3 Å². The van der Waals surface area contributed by atoms with Gasteiger partial charge in [-0.2, -0.15) is 0 Å². The molecule has 3 aromatic carbocycles. The Morgan fingerprint density at radius 1 is 0.794 bits per heavy atom. The number of carbonyl (C=O) groups excluding carboxylic acids is 2. The monoisotopic (exact) mass is 459 g/mol. The molecule has 0 radical (unpaired) electrons. The molecule has 2 amide bonds. The van der Waals surface area contributed by atoms with E-state index in [2.05, 4.69) is 22.9 Å². The molecule has 178 valence electrons. The van der Waals surface area contributed by atoms with Crippen molar-refractivity contribution < 1.29 is 14.3 Å². The number of amides is 2. The van der Waals surface area contributed by atoms with Gasteiger partial charge in [-0.25, -0.2) is 0 Å². The first-order chi connectivity index (χ1) is 16.5. The molecule has 3 aromatic rings. The van der Waals surface area contributed by atoms with Crippen LogP contribution in [-0.2, 0) is 4.79 Å². The molecular weight excluding hydrogens is 426 g/mol. The van der Waals surface area contributed by atoms with Gasteiger partial charge in [0.15, 0.2) is 0 Å². The van der Waals surface area contributed by atoms with Crippen LogP contribution in [0.15, 0.2) is 72.8 Å². The van der Waals surface area contributed by atoms with Crippen LogP contribution >= 0.6 is 0 Å². The summed E-state index contributed by atoms with van der Waals surface area (Å²) in [6.45, 7) is 4.97. The molecule has 34 heavy (non-hydrogen) atoms. The quantitative estimate of drug-likeness (QED) is 0.279. The third-order valence-corrected chi connectivity index (χ3v) is 5.26. The van der Waals surface area contributed by atoms with Crippen LogP contribution in [0.2, 0.25) is 0 Å².